The molecule has 2 heterocycles. The summed E-state index contributed by atoms with van der Waals surface area (Å²) in [5.41, 5.74) is -0.104. The van der Waals surface area contributed by atoms with Gasteiger partial charge >= 0.3 is 0 Å². The topological polar surface area (TPSA) is 66.4 Å². The molecule has 1 saturated heterocycles. The number of pyridine rings is 1. The molecule has 2 N–H and O–H groups in total. The molecule has 1 atom stereocenters. The van der Waals surface area contributed by atoms with Crippen LogP contribution < -0.4 is 10.6 Å². The first-order valence-electron chi connectivity index (χ1n) is 5.77. The van der Waals surface area contributed by atoms with Crippen molar-refractivity contribution < 1.29 is 4.79 Å². The van der Waals surface area contributed by atoms with E-state index in [1.807, 2.05) is 25.1 Å². The van der Waals surface area contributed by atoms with Crippen LogP contribution in [-0.4, -0.2) is 22.9 Å². The fourth-order valence-corrected chi connectivity index (χ4v) is 1.85. The summed E-state index contributed by atoms with van der Waals surface area (Å²) in [7, 11) is 0. The van der Waals surface area contributed by atoms with E-state index in [1.54, 1.807) is 6.20 Å². The molecule has 2 fully saturated rings. The van der Waals surface area contributed by atoms with Crippen LogP contribution in [0.1, 0.15) is 25.5 Å². The second-order valence-electron chi connectivity index (χ2n) is 4.63. The van der Waals surface area contributed by atoms with Gasteiger partial charge in [-0.1, -0.05) is 6.07 Å². The molecule has 0 aromatic carbocycles. The third kappa shape index (κ3) is 1.77. The number of aromatic nitrogens is 1. The van der Waals surface area contributed by atoms with E-state index in [4.69, 9.17) is 0 Å². The lowest BCUT2D eigenvalue weighted by Gasteiger charge is -2.19. The number of aliphatic imine (C=N–C) groups is 1. The van der Waals surface area contributed by atoms with Crippen molar-refractivity contribution in [1.82, 2.24) is 15.6 Å². The number of carbonyl (C=O) groups is 1. The highest BCUT2D eigenvalue weighted by Gasteiger charge is 2.44. The predicted octanol–water partition coefficient (Wildman–Crippen LogP) is 0.535. The summed E-state index contributed by atoms with van der Waals surface area (Å²) in [6, 6.07) is 5.92. The van der Waals surface area contributed by atoms with Crippen LogP contribution in [0.5, 0.6) is 0 Å². The minimum absolute atomic E-state index is 0.101. The summed E-state index contributed by atoms with van der Waals surface area (Å²) in [6.45, 7) is 1.82. The minimum Gasteiger partial charge on any atom is -0.337 e. The van der Waals surface area contributed by atoms with E-state index in [1.165, 1.54) is 0 Å². The van der Waals surface area contributed by atoms with Crippen LogP contribution in [0.4, 0.5) is 0 Å². The Morgan fingerprint density at radius 1 is 1.47 bits per heavy atom. The molecule has 1 aromatic heterocycles. The van der Waals surface area contributed by atoms with Crippen molar-refractivity contribution in [2.24, 2.45) is 4.99 Å². The second-order valence-corrected chi connectivity index (χ2v) is 4.63. The molecule has 1 aliphatic heterocycles. The summed E-state index contributed by atoms with van der Waals surface area (Å²) in [4.78, 5) is 20.7. The molecule has 5 heteroatoms. The van der Waals surface area contributed by atoms with Crippen LogP contribution in [0.2, 0.25) is 0 Å². The smallest absolute Gasteiger partial charge is 0.258 e. The van der Waals surface area contributed by atoms with Gasteiger partial charge in [0.1, 0.15) is 0 Å². The van der Waals surface area contributed by atoms with Crippen molar-refractivity contribution in [3.05, 3.63) is 30.1 Å². The van der Waals surface area contributed by atoms with Gasteiger partial charge in [0, 0.05) is 6.20 Å². The van der Waals surface area contributed by atoms with Gasteiger partial charge in [-0.25, -0.2) is 4.99 Å². The van der Waals surface area contributed by atoms with E-state index in [0.717, 1.165) is 12.8 Å². The number of hydrogen-bond donors (Lipinski definition) is 2. The molecule has 1 unspecified atom stereocenters. The summed E-state index contributed by atoms with van der Waals surface area (Å²) in [5.74, 6) is 0.473. The monoisotopic (exact) mass is 230 g/mol. The maximum atomic E-state index is 12.0. The van der Waals surface area contributed by atoms with Crippen molar-refractivity contribution in [2.75, 3.05) is 0 Å². The van der Waals surface area contributed by atoms with Gasteiger partial charge in [-0.3, -0.25) is 15.1 Å². The number of hydrogen-bond acceptors (Lipinski definition) is 3. The average molecular weight is 230 g/mol. The van der Waals surface area contributed by atoms with Gasteiger partial charge in [0.2, 0.25) is 0 Å². The fourth-order valence-electron chi connectivity index (χ4n) is 1.85. The lowest BCUT2D eigenvalue weighted by molar-refractivity contribution is -0.123. The summed E-state index contributed by atoms with van der Waals surface area (Å²) >= 11 is 0. The molecule has 1 amide bonds. The molecule has 1 aliphatic carbocycles. The van der Waals surface area contributed by atoms with Crippen LogP contribution in [0, 0.1) is 0 Å². The standard InChI is InChI=1S/C12H14N4O/c1-12(9-4-2-3-7-13-9)10(17)15-11(16-12)14-8-5-6-8/h2-4,7-8H,5-6H2,1H3,(H2,14,15,16,17). The molecule has 5 nitrogen and oxygen atoms in total. The summed E-state index contributed by atoms with van der Waals surface area (Å²) in [6.07, 6.45) is 3.91. The Balaban J connectivity index is 1.90. The normalized spacial score (nSPS) is 30.2. The van der Waals surface area contributed by atoms with Crippen LogP contribution in [-0.2, 0) is 10.3 Å². The van der Waals surface area contributed by atoms with Gasteiger partial charge < -0.3 is 5.32 Å². The zero-order chi connectivity index (χ0) is 11.9. The molecular weight excluding hydrogens is 216 g/mol. The first-order chi connectivity index (χ1) is 8.18. The molecule has 2 aliphatic rings. The highest BCUT2D eigenvalue weighted by molar-refractivity contribution is 6.09. The second kappa shape index (κ2) is 3.55. The van der Waals surface area contributed by atoms with E-state index in [2.05, 4.69) is 20.6 Å². The van der Waals surface area contributed by atoms with Crippen LogP contribution >= 0.6 is 0 Å². The molecule has 3 rings (SSSR count). The van der Waals surface area contributed by atoms with Gasteiger partial charge in [0.15, 0.2) is 11.5 Å². The van der Waals surface area contributed by atoms with E-state index < -0.39 is 5.54 Å². The maximum absolute atomic E-state index is 12.0. The Hall–Kier alpha value is -1.91. The number of guanidine groups is 1. The lowest BCUT2D eigenvalue weighted by Crippen LogP contribution is -2.41. The molecule has 1 saturated carbocycles. The van der Waals surface area contributed by atoms with Crippen LogP contribution in [0.3, 0.4) is 0 Å². The molecule has 0 radical (unpaired) electrons. The Morgan fingerprint density at radius 2 is 2.29 bits per heavy atom. The van der Waals surface area contributed by atoms with E-state index in [-0.39, 0.29) is 5.91 Å². The molecule has 1 aromatic rings. The Labute approximate surface area is 99.4 Å². The minimum atomic E-state index is -0.811. The number of nitrogens with one attached hydrogen (secondary N) is 2. The fraction of sp³-hybridized carbons (Fsp3) is 0.417. The number of nitrogens with zero attached hydrogens (tertiary/aromatic N) is 2. The number of amides is 1. The van der Waals surface area contributed by atoms with Gasteiger partial charge in [-0.2, -0.15) is 0 Å². The van der Waals surface area contributed by atoms with Crippen molar-refractivity contribution in [3.63, 3.8) is 0 Å². The van der Waals surface area contributed by atoms with Gasteiger partial charge in [0.25, 0.3) is 5.91 Å². The lowest BCUT2D eigenvalue weighted by atomic mass is 9.98. The van der Waals surface area contributed by atoms with E-state index in [9.17, 15) is 4.79 Å². The molecule has 0 spiro atoms. The largest absolute Gasteiger partial charge is 0.337 e. The highest BCUT2D eigenvalue weighted by atomic mass is 16.2. The number of rotatable bonds is 2. The highest BCUT2D eigenvalue weighted by Crippen LogP contribution is 2.26. The van der Waals surface area contributed by atoms with Crippen molar-refractivity contribution in [2.45, 2.75) is 31.3 Å². The molecule has 88 valence electrons. The summed E-state index contributed by atoms with van der Waals surface area (Å²) < 4.78 is 0. The first-order valence-corrected chi connectivity index (χ1v) is 5.77. The Kier molecular flexibility index (Phi) is 2.14. The number of carbonyl (C=O) groups excluding carboxylic acids is 1. The van der Waals surface area contributed by atoms with Crippen LogP contribution in [0.25, 0.3) is 0 Å². The van der Waals surface area contributed by atoms with Crippen molar-refractivity contribution in [1.29, 1.82) is 0 Å². The van der Waals surface area contributed by atoms with E-state index in [0.29, 0.717) is 17.7 Å². The Morgan fingerprint density at radius 3 is 2.94 bits per heavy atom. The maximum Gasteiger partial charge on any atom is 0.258 e. The van der Waals surface area contributed by atoms with E-state index >= 15 is 0 Å². The van der Waals surface area contributed by atoms with Gasteiger partial charge in [0.05, 0.1) is 11.7 Å². The predicted molar refractivity (Wildman–Crippen MR) is 63.3 cm³/mol. The zero-order valence-corrected chi connectivity index (χ0v) is 9.60. The third-order valence-electron chi connectivity index (χ3n) is 3.09. The quantitative estimate of drug-likeness (QED) is 0.779. The summed E-state index contributed by atoms with van der Waals surface area (Å²) in [5, 5.41) is 5.91. The third-order valence-corrected chi connectivity index (χ3v) is 3.09. The molecule has 0 bridgehead atoms. The SMILES string of the molecule is CC1(c2ccccn2)NC(=NC2CC2)NC1=O. The molecular formula is C12H14N4O. The van der Waals surface area contributed by atoms with Crippen LogP contribution in [0.15, 0.2) is 29.4 Å². The first kappa shape index (κ1) is 10.3. The van der Waals surface area contributed by atoms with Crippen molar-refractivity contribution in [3.8, 4) is 0 Å². The Bertz CT molecular complexity index is 481. The van der Waals surface area contributed by atoms with Crippen molar-refractivity contribution >= 4 is 11.9 Å². The molecule has 17 heavy (non-hydrogen) atoms. The van der Waals surface area contributed by atoms with Gasteiger partial charge in [-0.15, -0.1) is 0 Å². The van der Waals surface area contributed by atoms with Gasteiger partial charge in [-0.05, 0) is 31.9 Å². The average Bonchev–Trinajstić information content (AvgIpc) is 3.08. The zero-order valence-electron chi connectivity index (χ0n) is 9.60.